The zero-order chi connectivity index (χ0) is 16.5. The summed E-state index contributed by atoms with van der Waals surface area (Å²) in [6.45, 7) is 2.66. The van der Waals surface area contributed by atoms with Crippen molar-refractivity contribution in [1.82, 2.24) is 19.7 Å². The molecule has 6 nitrogen and oxygen atoms in total. The summed E-state index contributed by atoms with van der Waals surface area (Å²) in [7, 11) is 0. The third-order valence-corrected chi connectivity index (χ3v) is 3.85. The molecule has 1 N–H and O–H groups in total. The number of nitrogens with one attached hydrogen (secondary N) is 1. The fourth-order valence-corrected chi connectivity index (χ4v) is 2.68. The van der Waals surface area contributed by atoms with Crippen molar-refractivity contribution in [2.24, 2.45) is 0 Å². The summed E-state index contributed by atoms with van der Waals surface area (Å²) in [6, 6.07) is 15.1. The Bertz CT molecular complexity index is 1040. The highest BCUT2D eigenvalue weighted by Crippen LogP contribution is 2.26. The number of hydrogen-bond donors (Lipinski definition) is 1. The molecule has 4 rings (SSSR count). The summed E-state index contributed by atoms with van der Waals surface area (Å²) >= 11 is 0. The number of aryl methyl sites for hydroxylation is 1. The van der Waals surface area contributed by atoms with Gasteiger partial charge in [0.05, 0.1) is 10.9 Å². The number of rotatable bonds is 3. The zero-order valence-corrected chi connectivity index (χ0v) is 13.1. The van der Waals surface area contributed by atoms with Crippen LogP contribution in [0.15, 0.2) is 54.7 Å². The molecule has 0 fully saturated rings. The standard InChI is InChI=1S/C18H15N5O/c1-2-23-17-13(11-12-7-3-4-8-14(12)20-17)16(22-23)21-18(24)15-9-5-6-10-19-15/h3-11H,2H2,1H3,(H,21,22,24). The molecule has 118 valence electrons. The number of amides is 1. The van der Waals surface area contributed by atoms with Crippen LogP contribution in [-0.2, 0) is 6.54 Å². The van der Waals surface area contributed by atoms with E-state index in [2.05, 4.69) is 20.4 Å². The molecule has 0 bridgehead atoms. The molecule has 0 radical (unpaired) electrons. The maximum atomic E-state index is 12.4. The SMILES string of the molecule is CCn1nc(NC(=O)c2ccccn2)c2cc3ccccc3nc21. The Morgan fingerprint density at radius 2 is 2.00 bits per heavy atom. The number of para-hydroxylation sites is 1. The molecule has 3 aromatic heterocycles. The largest absolute Gasteiger partial charge is 0.303 e. The molecule has 0 aliphatic carbocycles. The Hall–Kier alpha value is -3.28. The molecule has 0 unspecified atom stereocenters. The van der Waals surface area contributed by atoms with Gasteiger partial charge >= 0.3 is 0 Å². The van der Waals surface area contributed by atoms with E-state index in [9.17, 15) is 4.79 Å². The van der Waals surface area contributed by atoms with Crippen molar-refractivity contribution >= 4 is 33.7 Å². The number of hydrogen-bond acceptors (Lipinski definition) is 4. The second kappa shape index (κ2) is 5.73. The van der Waals surface area contributed by atoms with E-state index in [-0.39, 0.29) is 5.91 Å². The van der Waals surface area contributed by atoms with Crippen molar-refractivity contribution < 1.29 is 4.79 Å². The maximum Gasteiger partial charge on any atom is 0.275 e. The van der Waals surface area contributed by atoms with Crippen LogP contribution >= 0.6 is 0 Å². The number of fused-ring (bicyclic) bond motifs is 2. The Balaban J connectivity index is 1.83. The predicted octanol–water partition coefficient (Wildman–Crippen LogP) is 3.25. The predicted molar refractivity (Wildman–Crippen MR) is 92.9 cm³/mol. The summed E-state index contributed by atoms with van der Waals surface area (Å²) < 4.78 is 1.79. The van der Waals surface area contributed by atoms with Gasteiger partial charge < -0.3 is 5.32 Å². The third kappa shape index (κ3) is 2.38. The van der Waals surface area contributed by atoms with E-state index in [0.29, 0.717) is 18.1 Å². The van der Waals surface area contributed by atoms with Crippen LogP contribution in [0.3, 0.4) is 0 Å². The number of pyridine rings is 2. The number of benzene rings is 1. The number of carbonyl (C=O) groups is 1. The van der Waals surface area contributed by atoms with Gasteiger partial charge in [-0.1, -0.05) is 24.3 Å². The fourth-order valence-electron chi connectivity index (χ4n) is 2.68. The summed E-state index contributed by atoms with van der Waals surface area (Å²) in [6.07, 6.45) is 1.59. The molecule has 3 heterocycles. The van der Waals surface area contributed by atoms with Gasteiger partial charge in [-0.05, 0) is 31.2 Å². The lowest BCUT2D eigenvalue weighted by Gasteiger charge is -2.02. The molecule has 0 aliphatic rings. The number of carbonyl (C=O) groups excluding carboxylic acids is 1. The van der Waals surface area contributed by atoms with E-state index in [0.717, 1.165) is 21.9 Å². The molecule has 24 heavy (non-hydrogen) atoms. The van der Waals surface area contributed by atoms with Gasteiger partial charge in [0.15, 0.2) is 11.5 Å². The average molecular weight is 317 g/mol. The van der Waals surface area contributed by atoms with Crippen LogP contribution in [0.25, 0.3) is 21.9 Å². The first-order chi connectivity index (χ1) is 11.8. The summed E-state index contributed by atoms with van der Waals surface area (Å²) in [5, 5.41) is 9.17. The van der Waals surface area contributed by atoms with Gasteiger partial charge in [0.25, 0.3) is 5.91 Å². The van der Waals surface area contributed by atoms with E-state index in [1.807, 2.05) is 37.3 Å². The molecule has 0 atom stereocenters. The van der Waals surface area contributed by atoms with Gasteiger partial charge in [0.1, 0.15) is 5.69 Å². The number of nitrogens with zero attached hydrogens (tertiary/aromatic N) is 4. The highest BCUT2D eigenvalue weighted by Gasteiger charge is 2.16. The first-order valence-electron chi connectivity index (χ1n) is 7.75. The van der Waals surface area contributed by atoms with Crippen LogP contribution in [0.1, 0.15) is 17.4 Å². The van der Waals surface area contributed by atoms with Crippen LogP contribution in [0, 0.1) is 0 Å². The molecule has 6 heteroatoms. The Morgan fingerprint density at radius 3 is 2.79 bits per heavy atom. The number of anilines is 1. The smallest absolute Gasteiger partial charge is 0.275 e. The van der Waals surface area contributed by atoms with Gasteiger partial charge in [-0.3, -0.25) is 9.78 Å². The van der Waals surface area contributed by atoms with E-state index >= 15 is 0 Å². The minimum atomic E-state index is -0.286. The highest BCUT2D eigenvalue weighted by molar-refractivity contribution is 6.07. The maximum absolute atomic E-state index is 12.4. The molecule has 0 saturated heterocycles. The molecule has 0 spiro atoms. The molecular formula is C18H15N5O. The molecule has 0 saturated carbocycles. The first kappa shape index (κ1) is 14.3. The first-order valence-corrected chi connectivity index (χ1v) is 7.75. The van der Waals surface area contributed by atoms with Crippen LogP contribution in [0.4, 0.5) is 5.82 Å². The van der Waals surface area contributed by atoms with E-state index in [4.69, 9.17) is 0 Å². The Kier molecular flexibility index (Phi) is 3.42. The average Bonchev–Trinajstić information content (AvgIpc) is 2.97. The minimum Gasteiger partial charge on any atom is -0.303 e. The fraction of sp³-hybridized carbons (Fsp3) is 0.111. The monoisotopic (exact) mass is 317 g/mol. The van der Waals surface area contributed by atoms with E-state index < -0.39 is 0 Å². The highest BCUT2D eigenvalue weighted by atomic mass is 16.2. The van der Waals surface area contributed by atoms with Gasteiger partial charge in [0, 0.05) is 18.1 Å². The lowest BCUT2D eigenvalue weighted by Crippen LogP contribution is -2.14. The van der Waals surface area contributed by atoms with E-state index in [1.165, 1.54) is 0 Å². The lowest BCUT2D eigenvalue weighted by molar-refractivity contribution is 0.102. The molecule has 0 aliphatic heterocycles. The van der Waals surface area contributed by atoms with Crippen LogP contribution in [0.5, 0.6) is 0 Å². The van der Waals surface area contributed by atoms with Crippen molar-refractivity contribution in [3.8, 4) is 0 Å². The quantitative estimate of drug-likeness (QED) is 0.629. The van der Waals surface area contributed by atoms with Crippen molar-refractivity contribution in [3.63, 3.8) is 0 Å². The van der Waals surface area contributed by atoms with Gasteiger partial charge in [0.2, 0.25) is 0 Å². The van der Waals surface area contributed by atoms with Crippen molar-refractivity contribution in [2.75, 3.05) is 5.32 Å². The van der Waals surface area contributed by atoms with Gasteiger partial charge in [-0.2, -0.15) is 5.10 Å². The molecule has 1 amide bonds. The van der Waals surface area contributed by atoms with Crippen LogP contribution in [0.2, 0.25) is 0 Å². The summed E-state index contributed by atoms with van der Waals surface area (Å²) in [5.74, 6) is 0.215. The molecule has 4 aromatic rings. The van der Waals surface area contributed by atoms with Crippen molar-refractivity contribution in [1.29, 1.82) is 0 Å². The second-order valence-electron chi connectivity index (χ2n) is 5.39. The Morgan fingerprint density at radius 1 is 1.17 bits per heavy atom. The minimum absolute atomic E-state index is 0.286. The van der Waals surface area contributed by atoms with Gasteiger partial charge in [-0.15, -0.1) is 0 Å². The van der Waals surface area contributed by atoms with E-state index in [1.54, 1.807) is 29.1 Å². The van der Waals surface area contributed by atoms with Crippen molar-refractivity contribution in [2.45, 2.75) is 13.5 Å². The van der Waals surface area contributed by atoms with Crippen molar-refractivity contribution in [3.05, 3.63) is 60.4 Å². The van der Waals surface area contributed by atoms with Crippen LogP contribution < -0.4 is 5.32 Å². The lowest BCUT2D eigenvalue weighted by atomic mass is 10.2. The topological polar surface area (TPSA) is 72.7 Å². The van der Waals surface area contributed by atoms with Gasteiger partial charge in [-0.25, -0.2) is 9.67 Å². The van der Waals surface area contributed by atoms with Crippen LogP contribution in [-0.4, -0.2) is 25.7 Å². The third-order valence-electron chi connectivity index (χ3n) is 3.85. The zero-order valence-electron chi connectivity index (χ0n) is 13.1. The normalized spacial score (nSPS) is 11.0. The Labute approximate surface area is 138 Å². The molecule has 1 aromatic carbocycles. The number of aromatic nitrogens is 4. The second-order valence-corrected chi connectivity index (χ2v) is 5.39. The summed E-state index contributed by atoms with van der Waals surface area (Å²) in [5.41, 5.74) is 2.01. The summed E-state index contributed by atoms with van der Waals surface area (Å²) in [4.78, 5) is 21.1. The molecular weight excluding hydrogens is 302 g/mol.